The van der Waals surface area contributed by atoms with Crippen LogP contribution in [0.25, 0.3) is 0 Å². The quantitative estimate of drug-likeness (QED) is 0.626. The molecule has 3 atom stereocenters. The highest BCUT2D eigenvalue weighted by Crippen LogP contribution is 2.18. The van der Waals surface area contributed by atoms with Crippen LogP contribution >= 0.6 is 0 Å². The molecular weight excluding hydrogens is 320 g/mol. The standard InChI is InChI=1S/C19H28N2O4/c1-13(2)12-16-18(23)21-15(19(24)25-16)10-6-7-11-20-17(22)14-8-4-3-5-9-14/h3-5,8-9,13,15-16,19,24H,6-7,10-12H2,1-2H3,(H,20,22)(H,21,23)/t15-,16-,19?/m0/s1. The normalized spacial score (nSPS) is 23.4. The third-order valence-electron chi connectivity index (χ3n) is 4.22. The van der Waals surface area contributed by atoms with Gasteiger partial charge in [-0.25, -0.2) is 0 Å². The molecule has 0 saturated carbocycles. The first-order chi connectivity index (χ1) is 12.0. The van der Waals surface area contributed by atoms with Gasteiger partial charge in [-0.3, -0.25) is 9.59 Å². The summed E-state index contributed by atoms with van der Waals surface area (Å²) in [5, 5.41) is 15.8. The zero-order valence-electron chi connectivity index (χ0n) is 14.9. The van der Waals surface area contributed by atoms with Gasteiger partial charge in [-0.15, -0.1) is 0 Å². The lowest BCUT2D eigenvalue weighted by atomic mass is 10.0. The summed E-state index contributed by atoms with van der Waals surface area (Å²) >= 11 is 0. The maximum Gasteiger partial charge on any atom is 0.251 e. The third kappa shape index (κ3) is 6.14. The number of hydrogen-bond acceptors (Lipinski definition) is 4. The van der Waals surface area contributed by atoms with Gasteiger partial charge in [0.1, 0.15) is 6.10 Å². The van der Waals surface area contributed by atoms with Crippen molar-refractivity contribution in [3.8, 4) is 0 Å². The minimum Gasteiger partial charge on any atom is -0.366 e. The van der Waals surface area contributed by atoms with E-state index in [4.69, 9.17) is 4.74 Å². The molecule has 0 aliphatic carbocycles. The second-order valence-corrected chi connectivity index (χ2v) is 6.88. The molecule has 1 heterocycles. The number of carbonyl (C=O) groups is 2. The lowest BCUT2D eigenvalue weighted by molar-refractivity contribution is -0.192. The Morgan fingerprint density at radius 2 is 2.00 bits per heavy atom. The minimum atomic E-state index is -0.972. The Morgan fingerprint density at radius 1 is 1.28 bits per heavy atom. The Balaban J connectivity index is 1.65. The number of ether oxygens (including phenoxy) is 1. The number of hydrogen-bond donors (Lipinski definition) is 3. The molecule has 1 fully saturated rings. The van der Waals surface area contributed by atoms with E-state index in [0.717, 1.165) is 12.8 Å². The molecule has 2 rings (SSSR count). The van der Waals surface area contributed by atoms with Crippen molar-refractivity contribution in [2.75, 3.05) is 6.54 Å². The number of rotatable bonds is 8. The van der Waals surface area contributed by atoms with Crippen LogP contribution in [0.5, 0.6) is 0 Å². The largest absolute Gasteiger partial charge is 0.366 e. The van der Waals surface area contributed by atoms with Crippen molar-refractivity contribution in [2.24, 2.45) is 5.92 Å². The predicted octanol–water partition coefficient (Wildman–Crippen LogP) is 1.83. The topological polar surface area (TPSA) is 87.7 Å². The highest BCUT2D eigenvalue weighted by molar-refractivity contribution is 5.94. The van der Waals surface area contributed by atoms with Crippen molar-refractivity contribution in [3.63, 3.8) is 0 Å². The maximum absolute atomic E-state index is 12.0. The lowest BCUT2D eigenvalue weighted by Crippen LogP contribution is -2.56. The van der Waals surface area contributed by atoms with Crippen LogP contribution in [0.3, 0.4) is 0 Å². The van der Waals surface area contributed by atoms with Gasteiger partial charge < -0.3 is 20.5 Å². The van der Waals surface area contributed by atoms with E-state index in [0.29, 0.717) is 30.9 Å². The van der Waals surface area contributed by atoms with Crippen LogP contribution in [0.4, 0.5) is 0 Å². The first kappa shape index (κ1) is 19.4. The van der Waals surface area contributed by atoms with E-state index in [2.05, 4.69) is 10.6 Å². The van der Waals surface area contributed by atoms with Crippen LogP contribution in [0, 0.1) is 5.92 Å². The molecule has 6 heteroatoms. The molecule has 2 amide bonds. The Morgan fingerprint density at radius 3 is 2.68 bits per heavy atom. The van der Waals surface area contributed by atoms with E-state index in [1.807, 2.05) is 32.0 Å². The molecule has 0 aromatic heterocycles. The van der Waals surface area contributed by atoms with Crippen LogP contribution in [0.2, 0.25) is 0 Å². The van der Waals surface area contributed by atoms with Crippen molar-refractivity contribution in [2.45, 2.75) is 58.0 Å². The Kier molecular flexibility index (Phi) is 7.40. The van der Waals surface area contributed by atoms with E-state index >= 15 is 0 Å². The van der Waals surface area contributed by atoms with Gasteiger partial charge in [-0.05, 0) is 43.7 Å². The number of unbranched alkanes of at least 4 members (excludes halogenated alkanes) is 1. The number of carbonyl (C=O) groups excluding carboxylic acids is 2. The molecule has 0 radical (unpaired) electrons. The van der Waals surface area contributed by atoms with E-state index in [-0.39, 0.29) is 17.9 Å². The fourth-order valence-electron chi connectivity index (χ4n) is 2.86. The van der Waals surface area contributed by atoms with Crippen molar-refractivity contribution < 1.29 is 19.4 Å². The first-order valence-electron chi connectivity index (χ1n) is 8.94. The second-order valence-electron chi connectivity index (χ2n) is 6.88. The predicted molar refractivity (Wildman–Crippen MR) is 94.9 cm³/mol. The van der Waals surface area contributed by atoms with E-state index < -0.39 is 12.4 Å². The van der Waals surface area contributed by atoms with Crippen LogP contribution in [-0.2, 0) is 9.53 Å². The van der Waals surface area contributed by atoms with E-state index in [9.17, 15) is 14.7 Å². The van der Waals surface area contributed by atoms with Crippen LogP contribution < -0.4 is 10.6 Å². The number of nitrogens with one attached hydrogen (secondary N) is 2. The number of amides is 2. The van der Waals surface area contributed by atoms with Crippen molar-refractivity contribution in [1.29, 1.82) is 0 Å². The van der Waals surface area contributed by atoms with Crippen molar-refractivity contribution in [3.05, 3.63) is 35.9 Å². The molecule has 1 aromatic rings. The highest BCUT2D eigenvalue weighted by atomic mass is 16.6. The van der Waals surface area contributed by atoms with Crippen LogP contribution in [0.15, 0.2) is 30.3 Å². The van der Waals surface area contributed by atoms with E-state index in [1.54, 1.807) is 12.1 Å². The summed E-state index contributed by atoms with van der Waals surface area (Å²) in [7, 11) is 0. The van der Waals surface area contributed by atoms with Crippen molar-refractivity contribution in [1.82, 2.24) is 10.6 Å². The van der Waals surface area contributed by atoms with Gasteiger partial charge >= 0.3 is 0 Å². The Labute approximate surface area is 149 Å². The number of benzene rings is 1. The van der Waals surface area contributed by atoms with Crippen LogP contribution in [-0.4, -0.2) is 41.9 Å². The molecular formula is C19H28N2O4. The number of aliphatic hydroxyl groups is 1. The molecule has 1 aliphatic rings. The Bertz CT molecular complexity index is 562. The molecule has 0 bridgehead atoms. The molecule has 6 nitrogen and oxygen atoms in total. The van der Waals surface area contributed by atoms with Gasteiger partial charge in [-0.2, -0.15) is 0 Å². The van der Waals surface area contributed by atoms with Crippen molar-refractivity contribution >= 4 is 11.8 Å². The molecule has 1 aliphatic heterocycles. The monoisotopic (exact) mass is 348 g/mol. The summed E-state index contributed by atoms with van der Waals surface area (Å²) in [5.41, 5.74) is 0.641. The summed E-state index contributed by atoms with van der Waals surface area (Å²) in [6, 6.07) is 8.68. The molecule has 0 spiro atoms. The average molecular weight is 348 g/mol. The highest BCUT2D eigenvalue weighted by Gasteiger charge is 2.35. The smallest absolute Gasteiger partial charge is 0.251 e. The Hall–Kier alpha value is -1.92. The SMILES string of the molecule is CC(C)C[C@@H]1OC(O)[C@H](CCCCNC(=O)c2ccccc2)NC1=O. The minimum absolute atomic E-state index is 0.0912. The van der Waals surface area contributed by atoms with Gasteiger partial charge in [0.2, 0.25) is 5.91 Å². The molecule has 1 unspecified atom stereocenters. The molecule has 25 heavy (non-hydrogen) atoms. The van der Waals surface area contributed by atoms with Gasteiger partial charge in [0.25, 0.3) is 5.91 Å². The molecule has 1 aromatic carbocycles. The van der Waals surface area contributed by atoms with Crippen LogP contribution in [0.1, 0.15) is 49.9 Å². The third-order valence-corrected chi connectivity index (χ3v) is 4.22. The summed E-state index contributed by atoms with van der Waals surface area (Å²) in [6.45, 7) is 4.58. The van der Waals surface area contributed by atoms with Gasteiger partial charge in [0.05, 0.1) is 6.04 Å². The average Bonchev–Trinajstić information content (AvgIpc) is 2.58. The maximum atomic E-state index is 12.0. The molecule has 138 valence electrons. The summed E-state index contributed by atoms with van der Waals surface area (Å²) in [6.07, 6.45) is 1.21. The fraction of sp³-hybridized carbons (Fsp3) is 0.579. The zero-order valence-corrected chi connectivity index (χ0v) is 14.9. The first-order valence-corrected chi connectivity index (χ1v) is 8.94. The summed E-state index contributed by atoms with van der Waals surface area (Å²) < 4.78 is 5.45. The lowest BCUT2D eigenvalue weighted by Gasteiger charge is -2.34. The number of morpholine rings is 1. The van der Waals surface area contributed by atoms with E-state index in [1.165, 1.54) is 0 Å². The zero-order chi connectivity index (χ0) is 18.2. The molecule has 1 saturated heterocycles. The van der Waals surface area contributed by atoms with Gasteiger partial charge in [-0.1, -0.05) is 32.0 Å². The fourth-order valence-corrected chi connectivity index (χ4v) is 2.86. The number of aliphatic hydroxyl groups excluding tert-OH is 1. The van der Waals surface area contributed by atoms with Gasteiger partial charge in [0, 0.05) is 12.1 Å². The summed E-state index contributed by atoms with van der Waals surface area (Å²) in [5.74, 6) is 0.0839. The second kappa shape index (κ2) is 9.53. The van der Waals surface area contributed by atoms with Gasteiger partial charge in [0.15, 0.2) is 6.29 Å². The summed E-state index contributed by atoms with van der Waals surface area (Å²) in [4.78, 5) is 23.9. The molecule has 3 N–H and O–H groups in total.